The van der Waals surface area contributed by atoms with Crippen molar-refractivity contribution in [2.45, 2.75) is 0 Å². The highest BCUT2D eigenvalue weighted by molar-refractivity contribution is 6.33. The summed E-state index contributed by atoms with van der Waals surface area (Å²) >= 11 is 0. The molecule has 9 aromatic rings. The summed E-state index contributed by atoms with van der Waals surface area (Å²) in [5, 5.41) is 10.5. The molecule has 0 spiro atoms. The Morgan fingerprint density at radius 2 is 0.972 bits per heavy atom. The minimum Gasteiger partial charge on any atom is -0.309 e. The van der Waals surface area contributed by atoms with Crippen LogP contribution in [0.5, 0.6) is 0 Å². The second-order valence-corrected chi connectivity index (χ2v) is 9.76. The van der Waals surface area contributed by atoms with E-state index in [-0.39, 0.29) is 0 Å². The molecular weight excluding hydrogens is 436 g/mol. The molecule has 0 radical (unpaired) electrons. The minimum atomic E-state index is 1.22. The lowest BCUT2D eigenvalue weighted by Gasteiger charge is -2.11. The maximum Gasteiger partial charge on any atom is 0.0620 e. The third kappa shape index (κ3) is 2.09. The standard InChI is InChI=1S/C34H20N2/c1-2-11-22-21(9-1)10-7-18-27(22)35-29-17-6-4-13-25(29)32-30(35)19-20-31-33(32)26-15-8-14-24-23-12-3-5-16-28(23)36(31)34(24)26/h1-20H. The summed E-state index contributed by atoms with van der Waals surface area (Å²) in [5.74, 6) is 0. The zero-order chi connectivity index (χ0) is 23.4. The van der Waals surface area contributed by atoms with Gasteiger partial charge in [0.1, 0.15) is 0 Å². The summed E-state index contributed by atoms with van der Waals surface area (Å²) < 4.78 is 4.93. The molecule has 0 bridgehead atoms. The highest BCUT2D eigenvalue weighted by atomic mass is 15.0. The maximum atomic E-state index is 2.47. The van der Waals surface area contributed by atoms with Crippen molar-refractivity contribution < 1.29 is 0 Å². The Labute approximate surface area is 206 Å². The average Bonchev–Trinajstić information content (AvgIpc) is 3.57. The summed E-state index contributed by atoms with van der Waals surface area (Å²) in [4.78, 5) is 0. The van der Waals surface area contributed by atoms with Gasteiger partial charge in [0.05, 0.1) is 33.3 Å². The number of rotatable bonds is 1. The Morgan fingerprint density at radius 3 is 1.89 bits per heavy atom. The maximum absolute atomic E-state index is 2.47. The number of hydrogen-bond acceptors (Lipinski definition) is 0. The lowest BCUT2D eigenvalue weighted by molar-refractivity contribution is 1.20. The Kier molecular flexibility index (Phi) is 3.31. The Bertz CT molecular complexity index is 2310. The summed E-state index contributed by atoms with van der Waals surface area (Å²) in [6.07, 6.45) is 0. The van der Waals surface area contributed by atoms with Crippen molar-refractivity contribution in [1.29, 1.82) is 0 Å². The van der Waals surface area contributed by atoms with Crippen LogP contribution >= 0.6 is 0 Å². The van der Waals surface area contributed by atoms with E-state index in [1.165, 1.54) is 76.4 Å². The number of hydrogen-bond donors (Lipinski definition) is 0. The van der Waals surface area contributed by atoms with Crippen molar-refractivity contribution in [2.24, 2.45) is 0 Å². The van der Waals surface area contributed by atoms with Crippen LogP contribution in [0.2, 0.25) is 0 Å². The number of para-hydroxylation sites is 3. The van der Waals surface area contributed by atoms with Gasteiger partial charge in [0, 0.05) is 37.7 Å². The Balaban J connectivity index is 1.56. The number of benzene rings is 6. The highest BCUT2D eigenvalue weighted by Gasteiger charge is 2.22. The van der Waals surface area contributed by atoms with Crippen LogP contribution in [0.25, 0.3) is 76.4 Å². The molecule has 0 aliphatic heterocycles. The molecule has 0 atom stereocenters. The number of fused-ring (bicyclic) bond motifs is 11. The van der Waals surface area contributed by atoms with E-state index in [0.717, 1.165) is 0 Å². The lowest BCUT2D eigenvalue weighted by atomic mass is 10.0. The molecule has 2 heteroatoms. The van der Waals surface area contributed by atoms with Gasteiger partial charge in [-0.15, -0.1) is 0 Å². The van der Waals surface area contributed by atoms with E-state index in [0.29, 0.717) is 0 Å². The third-order valence-electron chi connectivity index (χ3n) is 8.03. The molecule has 3 heterocycles. The summed E-state index contributed by atoms with van der Waals surface area (Å²) in [7, 11) is 0. The van der Waals surface area contributed by atoms with Gasteiger partial charge in [-0.2, -0.15) is 0 Å². The first-order chi connectivity index (χ1) is 17.9. The molecule has 0 aliphatic carbocycles. The predicted octanol–water partition coefficient (Wildman–Crippen LogP) is 9.09. The molecule has 0 fully saturated rings. The van der Waals surface area contributed by atoms with Crippen molar-refractivity contribution in [3.05, 3.63) is 121 Å². The van der Waals surface area contributed by atoms with Crippen LogP contribution in [0.15, 0.2) is 121 Å². The minimum absolute atomic E-state index is 1.22. The third-order valence-corrected chi connectivity index (χ3v) is 8.03. The van der Waals surface area contributed by atoms with Gasteiger partial charge in [-0.1, -0.05) is 91.0 Å². The van der Waals surface area contributed by atoms with E-state index in [4.69, 9.17) is 0 Å². The second kappa shape index (κ2) is 6.44. The van der Waals surface area contributed by atoms with Crippen molar-refractivity contribution in [1.82, 2.24) is 8.97 Å². The van der Waals surface area contributed by atoms with Crippen molar-refractivity contribution in [3.63, 3.8) is 0 Å². The fraction of sp³-hybridized carbons (Fsp3) is 0. The SMILES string of the molecule is c1ccc2c(-n3c4ccccc4c4c5c6cccc7c8ccccc8n(c5ccc43)c76)cccc2c1. The zero-order valence-corrected chi connectivity index (χ0v) is 19.4. The van der Waals surface area contributed by atoms with Gasteiger partial charge < -0.3 is 8.97 Å². The molecule has 166 valence electrons. The second-order valence-electron chi connectivity index (χ2n) is 9.76. The number of nitrogens with zero attached hydrogens (tertiary/aromatic N) is 2. The first-order valence-electron chi connectivity index (χ1n) is 12.5. The van der Waals surface area contributed by atoms with Gasteiger partial charge in [0.15, 0.2) is 0 Å². The molecule has 0 amide bonds. The molecule has 0 saturated carbocycles. The molecular formula is C34H20N2. The van der Waals surface area contributed by atoms with E-state index >= 15 is 0 Å². The molecule has 3 aromatic heterocycles. The summed E-state index contributed by atoms with van der Waals surface area (Å²) in [6.45, 7) is 0. The Hall–Kier alpha value is -4.82. The van der Waals surface area contributed by atoms with E-state index < -0.39 is 0 Å². The Morgan fingerprint density at radius 1 is 0.361 bits per heavy atom. The summed E-state index contributed by atoms with van der Waals surface area (Å²) in [6, 6.07) is 44.4. The van der Waals surface area contributed by atoms with Crippen LogP contribution in [0, 0.1) is 0 Å². The molecule has 2 nitrogen and oxygen atoms in total. The summed E-state index contributed by atoms with van der Waals surface area (Å²) in [5.41, 5.74) is 7.58. The monoisotopic (exact) mass is 456 g/mol. The van der Waals surface area contributed by atoms with E-state index in [1.54, 1.807) is 0 Å². The highest BCUT2D eigenvalue weighted by Crippen LogP contribution is 2.45. The smallest absolute Gasteiger partial charge is 0.0620 e. The van der Waals surface area contributed by atoms with E-state index in [9.17, 15) is 0 Å². The zero-order valence-electron chi connectivity index (χ0n) is 19.4. The first kappa shape index (κ1) is 18.5. The molecule has 9 rings (SSSR count). The molecule has 36 heavy (non-hydrogen) atoms. The van der Waals surface area contributed by atoms with Gasteiger partial charge in [-0.25, -0.2) is 0 Å². The quantitative estimate of drug-likeness (QED) is 0.233. The van der Waals surface area contributed by atoms with Gasteiger partial charge in [-0.3, -0.25) is 0 Å². The van der Waals surface area contributed by atoms with Gasteiger partial charge >= 0.3 is 0 Å². The first-order valence-corrected chi connectivity index (χ1v) is 12.5. The lowest BCUT2D eigenvalue weighted by Crippen LogP contribution is -1.95. The van der Waals surface area contributed by atoms with Gasteiger partial charge in [-0.05, 0) is 35.7 Å². The van der Waals surface area contributed by atoms with E-state index in [2.05, 4.69) is 130 Å². The predicted molar refractivity (Wildman–Crippen MR) is 153 cm³/mol. The largest absolute Gasteiger partial charge is 0.309 e. The van der Waals surface area contributed by atoms with Crippen LogP contribution < -0.4 is 0 Å². The normalized spacial score (nSPS) is 12.4. The van der Waals surface area contributed by atoms with Crippen molar-refractivity contribution in [3.8, 4) is 5.69 Å². The fourth-order valence-corrected chi connectivity index (χ4v) is 6.64. The van der Waals surface area contributed by atoms with Crippen LogP contribution in [-0.4, -0.2) is 8.97 Å². The van der Waals surface area contributed by atoms with Crippen LogP contribution in [0.4, 0.5) is 0 Å². The van der Waals surface area contributed by atoms with E-state index in [1.807, 2.05) is 0 Å². The topological polar surface area (TPSA) is 9.34 Å². The molecule has 6 aromatic carbocycles. The van der Waals surface area contributed by atoms with Crippen LogP contribution in [0.1, 0.15) is 0 Å². The molecule has 0 unspecified atom stereocenters. The number of aromatic nitrogens is 2. The average molecular weight is 457 g/mol. The van der Waals surface area contributed by atoms with Gasteiger partial charge in [0.2, 0.25) is 0 Å². The molecule has 0 aliphatic rings. The fourth-order valence-electron chi connectivity index (χ4n) is 6.64. The molecule has 0 saturated heterocycles. The van der Waals surface area contributed by atoms with Gasteiger partial charge in [0.25, 0.3) is 0 Å². The van der Waals surface area contributed by atoms with Crippen molar-refractivity contribution >= 4 is 70.7 Å². The van der Waals surface area contributed by atoms with Crippen LogP contribution in [0.3, 0.4) is 0 Å². The van der Waals surface area contributed by atoms with Crippen LogP contribution in [-0.2, 0) is 0 Å². The molecule has 0 N–H and O–H groups in total. The van der Waals surface area contributed by atoms with Crippen molar-refractivity contribution in [2.75, 3.05) is 0 Å².